The SMILES string of the molecule is CCCC1CCCC(CN)(N(C)CC(C)(C)C)CC1. The molecule has 0 saturated heterocycles. The molecule has 0 spiro atoms. The van der Waals surface area contributed by atoms with Crippen LogP contribution in [0.2, 0.25) is 0 Å². The molecule has 1 saturated carbocycles. The molecule has 0 aromatic rings. The lowest BCUT2D eigenvalue weighted by Crippen LogP contribution is -2.54. The van der Waals surface area contributed by atoms with Crippen LogP contribution >= 0.6 is 0 Å². The van der Waals surface area contributed by atoms with Gasteiger partial charge in [0.05, 0.1) is 0 Å². The van der Waals surface area contributed by atoms with E-state index in [9.17, 15) is 0 Å². The van der Waals surface area contributed by atoms with Gasteiger partial charge in [-0.05, 0) is 37.6 Å². The van der Waals surface area contributed by atoms with Crippen molar-refractivity contribution in [2.45, 2.75) is 78.2 Å². The van der Waals surface area contributed by atoms with E-state index in [4.69, 9.17) is 5.73 Å². The first-order valence-electron chi connectivity index (χ1n) is 8.24. The number of likely N-dealkylation sites (N-methyl/N-ethyl adjacent to an activating group) is 1. The number of nitrogens with zero attached hydrogens (tertiary/aromatic N) is 1. The summed E-state index contributed by atoms with van der Waals surface area (Å²) in [7, 11) is 2.29. The van der Waals surface area contributed by atoms with Gasteiger partial charge in [0.1, 0.15) is 0 Å². The normalized spacial score (nSPS) is 29.5. The van der Waals surface area contributed by atoms with E-state index in [0.717, 1.165) is 19.0 Å². The zero-order chi connectivity index (χ0) is 14.5. The van der Waals surface area contributed by atoms with Crippen LogP contribution in [0.4, 0.5) is 0 Å². The van der Waals surface area contributed by atoms with Gasteiger partial charge in [0.2, 0.25) is 0 Å². The highest BCUT2D eigenvalue weighted by molar-refractivity contribution is 4.94. The molecule has 2 heteroatoms. The summed E-state index contributed by atoms with van der Waals surface area (Å²) in [5, 5.41) is 0. The van der Waals surface area contributed by atoms with Gasteiger partial charge in [-0.1, -0.05) is 53.4 Å². The van der Waals surface area contributed by atoms with Crippen molar-refractivity contribution in [2.24, 2.45) is 17.1 Å². The van der Waals surface area contributed by atoms with Gasteiger partial charge in [0.25, 0.3) is 0 Å². The Morgan fingerprint density at radius 1 is 1.21 bits per heavy atom. The Morgan fingerprint density at radius 2 is 1.89 bits per heavy atom. The Kier molecular flexibility index (Phi) is 6.32. The Morgan fingerprint density at radius 3 is 2.42 bits per heavy atom. The van der Waals surface area contributed by atoms with E-state index in [1.165, 1.54) is 44.9 Å². The third-order valence-corrected chi connectivity index (χ3v) is 4.87. The summed E-state index contributed by atoms with van der Waals surface area (Å²) in [6, 6.07) is 0. The van der Waals surface area contributed by atoms with Crippen LogP contribution in [0.1, 0.15) is 72.6 Å². The second-order valence-electron chi connectivity index (χ2n) is 7.93. The number of rotatable bonds is 5. The molecule has 2 unspecified atom stereocenters. The predicted octanol–water partition coefficient (Wildman–Crippen LogP) is 4.04. The van der Waals surface area contributed by atoms with Gasteiger partial charge >= 0.3 is 0 Å². The van der Waals surface area contributed by atoms with E-state index in [1.54, 1.807) is 0 Å². The van der Waals surface area contributed by atoms with Gasteiger partial charge in [-0.15, -0.1) is 0 Å². The summed E-state index contributed by atoms with van der Waals surface area (Å²) in [6.45, 7) is 11.2. The van der Waals surface area contributed by atoms with E-state index in [2.05, 4.69) is 39.6 Å². The standard InChI is InChI=1S/C17H36N2/c1-6-8-15-9-7-11-17(13-18,12-10-15)19(5)14-16(2,3)4/h15H,6-14,18H2,1-5H3. The largest absolute Gasteiger partial charge is 0.329 e. The summed E-state index contributed by atoms with van der Waals surface area (Å²) < 4.78 is 0. The number of hydrogen-bond acceptors (Lipinski definition) is 2. The molecule has 1 aliphatic rings. The maximum atomic E-state index is 6.21. The van der Waals surface area contributed by atoms with Crippen molar-refractivity contribution in [3.8, 4) is 0 Å². The van der Waals surface area contributed by atoms with E-state index in [-0.39, 0.29) is 5.54 Å². The molecule has 2 N–H and O–H groups in total. The molecule has 1 aliphatic carbocycles. The van der Waals surface area contributed by atoms with Gasteiger partial charge in [0.15, 0.2) is 0 Å². The van der Waals surface area contributed by atoms with Crippen molar-refractivity contribution in [3.05, 3.63) is 0 Å². The fourth-order valence-electron chi connectivity index (χ4n) is 3.78. The molecular weight excluding hydrogens is 232 g/mol. The monoisotopic (exact) mass is 268 g/mol. The molecule has 1 rings (SSSR count). The average Bonchev–Trinajstić information content (AvgIpc) is 2.51. The van der Waals surface area contributed by atoms with Crippen LogP contribution in [-0.2, 0) is 0 Å². The molecule has 0 amide bonds. The van der Waals surface area contributed by atoms with Crippen LogP contribution in [0.15, 0.2) is 0 Å². The van der Waals surface area contributed by atoms with Crippen LogP contribution in [0.3, 0.4) is 0 Å². The van der Waals surface area contributed by atoms with Gasteiger partial charge < -0.3 is 5.73 Å². The van der Waals surface area contributed by atoms with E-state index in [1.807, 2.05) is 0 Å². The van der Waals surface area contributed by atoms with E-state index >= 15 is 0 Å². The molecule has 0 aromatic heterocycles. The number of nitrogens with two attached hydrogens (primary N) is 1. The summed E-state index contributed by atoms with van der Waals surface area (Å²) in [5.74, 6) is 0.946. The Bertz CT molecular complexity index is 256. The number of hydrogen-bond donors (Lipinski definition) is 1. The van der Waals surface area contributed by atoms with Gasteiger partial charge in [-0.25, -0.2) is 0 Å². The highest BCUT2D eigenvalue weighted by Crippen LogP contribution is 2.36. The van der Waals surface area contributed by atoms with Gasteiger partial charge in [0, 0.05) is 18.6 Å². The van der Waals surface area contributed by atoms with Crippen molar-refractivity contribution >= 4 is 0 Å². The molecule has 2 atom stereocenters. The minimum atomic E-state index is 0.260. The fraction of sp³-hybridized carbons (Fsp3) is 1.00. The molecule has 0 heterocycles. The molecule has 0 bridgehead atoms. The molecular formula is C17H36N2. The molecule has 114 valence electrons. The minimum absolute atomic E-state index is 0.260. The molecule has 0 radical (unpaired) electrons. The molecule has 2 nitrogen and oxygen atoms in total. The van der Waals surface area contributed by atoms with Crippen LogP contribution in [0.5, 0.6) is 0 Å². The Hall–Kier alpha value is -0.0800. The lowest BCUT2D eigenvalue weighted by molar-refractivity contribution is 0.0712. The summed E-state index contributed by atoms with van der Waals surface area (Å²) in [5.41, 5.74) is 6.82. The second-order valence-corrected chi connectivity index (χ2v) is 7.93. The smallest absolute Gasteiger partial charge is 0.0329 e. The first-order chi connectivity index (χ1) is 8.83. The Labute approximate surface area is 121 Å². The van der Waals surface area contributed by atoms with Crippen molar-refractivity contribution in [3.63, 3.8) is 0 Å². The van der Waals surface area contributed by atoms with Crippen LogP contribution < -0.4 is 5.73 Å². The van der Waals surface area contributed by atoms with Crippen molar-refractivity contribution in [2.75, 3.05) is 20.1 Å². The van der Waals surface area contributed by atoms with Crippen LogP contribution in [0, 0.1) is 11.3 Å². The average molecular weight is 268 g/mol. The lowest BCUT2D eigenvalue weighted by Gasteiger charge is -2.44. The molecule has 0 aromatic carbocycles. The van der Waals surface area contributed by atoms with Crippen LogP contribution in [-0.4, -0.2) is 30.6 Å². The second kappa shape index (κ2) is 7.08. The molecule has 0 aliphatic heterocycles. The molecule has 19 heavy (non-hydrogen) atoms. The minimum Gasteiger partial charge on any atom is -0.329 e. The van der Waals surface area contributed by atoms with E-state index < -0.39 is 0 Å². The zero-order valence-corrected chi connectivity index (χ0v) is 14.0. The van der Waals surface area contributed by atoms with Crippen molar-refractivity contribution in [1.29, 1.82) is 0 Å². The first kappa shape index (κ1) is 17.0. The first-order valence-corrected chi connectivity index (χ1v) is 8.24. The third kappa shape index (κ3) is 5.07. The highest BCUT2D eigenvalue weighted by Gasteiger charge is 2.36. The van der Waals surface area contributed by atoms with Gasteiger partial charge in [-0.3, -0.25) is 4.90 Å². The maximum absolute atomic E-state index is 6.21. The summed E-state index contributed by atoms with van der Waals surface area (Å²) in [4.78, 5) is 2.57. The van der Waals surface area contributed by atoms with Crippen LogP contribution in [0.25, 0.3) is 0 Å². The van der Waals surface area contributed by atoms with Crippen molar-refractivity contribution < 1.29 is 0 Å². The third-order valence-electron chi connectivity index (χ3n) is 4.87. The topological polar surface area (TPSA) is 29.3 Å². The maximum Gasteiger partial charge on any atom is 0.0329 e. The zero-order valence-electron chi connectivity index (χ0n) is 14.0. The fourth-order valence-corrected chi connectivity index (χ4v) is 3.78. The van der Waals surface area contributed by atoms with E-state index in [0.29, 0.717) is 5.41 Å². The predicted molar refractivity (Wildman–Crippen MR) is 85.4 cm³/mol. The molecule has 1 fully saturated rings. The summed E-state index contributed by atoms with van der Waals surface area (Å²) >= 11 is 0. The summed E-state index contributed by atoms with van der Waals surface area (Å²) in [6.07, 6.45) is 9.47. The lowest BCUT2D eigenvalue weighted by atomic mass is 9.85. The Balaban J connectivity index is 2.69. The van der Waals surface area contributed by atoms with Gasteiger partial charge in [-0.2, -0.15) is 0 Å². The van der Waals surface area contributed by atoms with Crippen molar-refractivity contribution in [1.82, 2.24) is 4.90 Å². The highest BCUT2D eigenvalue weighted by atomic mass is 15.2. The quantitative estimate of drug-likeness (QED) is 0.762.